The summed E-state index contributed by atoms with van der Waals surface area (Å²) in [6.45, 7) is 4.09. The first-order chi connectivity index (χ1) is 14.2. The number of halogens is 2. The molecule has 1 N–H and O–H groups in total. The van der Waals surface area contributed by atoms with Crippen LogP contribution >= 0.6 is 27.5 Å². The monoisotopic (exact) mass is 512 g/mol. The molecular formula is C20H18BrClN2O5S. The number of esters is 1. The molecule has 2 aromatic carbocycles. The van der Waals surface area contributed by atoms with Gasteiger partial charge in [0.1, 0.15) is 5.75 Å². The lowest BCUT2D eigenvalue weighted by molar-refractivity contribution is 0.0736. The van der Waals surface area contributed by atoms with Gasteiger partial charge in [-0.2, -0.15) is 4.31 Å². The van der Waals surface area contributed by atoms with Gasteiger partial charge in [-0.05, 0) is 36.4 Å². The number of pyridine rings is 1. The topological polar surface area (TPSA) is 96.5 Å². The zero-order valence-electron chi connectivity index (χ0n) is 16.1. The second kappa shape index (κ2) is 8.89. The predicted octanol–water partition coefficient (Wildman–Crippen LogP) is 4.19. The van der Waals surface area contributed by atoms with Crippen LogP contribution in [0.5, 0.6) is 5.75 Å². The Morgan fingerprint density at radius 2 is 1.83 bits per heavy atom. The van der Waals surface area contributed by atoms with E-state index < -0.39 is 21.6 Å². The van der Waals surface area contributed by atoms with Crippen LogP contribution in [0.4, 0.5) is 0 Å². The van der Waals surface area contributed by atoms with E-state index >= 15 is 0 Å². The minimum absolute atomic E-state index is 0.0153. The molecule has 0 radical (unpaired) electrons. The smallest absolute Gasteiger partial charge is 0.344 e. The van der Waals surface area contributed by atoms with Crippen molar-refractivity contribution in [1.29, 1.82) is 0 Å². The van der Waals surface area contributed by atoms with Crippen molar-refractivity contribution in [2.24, 2.45) is 0 Å². The van der Waals surface area contributed by atoms with Gasteiger partial charge in [-0.25, -0.2) is 13.2 Å². The second-order valence-corrected chi connectivity index (χ2v) is 9.57. The number of hydrogen-bond acceptors (Lipinski definition) is 5. The maximum absolute atomic E-state index is 12.9. The normalized spacial score (nSPS) is 11.8. The number of aromatic nitrogens is 1. The van der Waals surface area contributed by atoms with Crippen LogP contribution in [0.1, 0.15) is 24.2 Å². The Morgan fingerprint density at radius 1 is 1.13 bits per heavy atom. The minimum Gasteiger partial charge on any atom is -0.421 e. The molecule has 0 atom stereocenters. The van der Waals surface area contributed by atoms with Gasteiger partial charge in [0.05, 0.1) is 15.5 Å². The minimum atomic E-state index is -3.75. The van der Waals surface area contributed by atoms with Gasteiger partial charge >= 0.3 is 5.97 Å². The summed E-state index contributed by atoms with van der Waals surface area (Å²) in [7, 11) is -3.75. The molecule has 0 spiro atoms. The fraction of sp³-hybridized carbons (Fsp3) is 0.200. The number of ether oxygens (including phenoxy) is 1. The van der Waals surface area contributed by atoms with Crippen LogP contribution in [0.2, 0.25) is 5.02 Å². The van der Waals surface area contributed by atoms with Crippen molar-refractivity contribution in [1.82, 2.24) is 9.29 Å². The summed E-state index contributed by atoms with van der Waals surface area (Å²) in [5.41, 5.74) is -0.269. The first-order valence-electron chi connectivity index (χ1n) is 9.01. The number of carbonyl (C=O) groups excluding carboxylic acids is 1. The average Bonchev–Trinajstić information content (AvgIpc) is 2.69. The van der Waals surface area contributed by atoms with Gasteiger partial charge in [0.25, 0.3) is 0 Å². The number of fused-ring (bicyclic) bond motifs is 1. The van der Waals surface area contributed by atoms with E-state index in [1.165, 1.54) is 28.6 Å². The standard InChI is InChI=1S/C20H18BrClN2O5S/c1-3-24(4-2)30(27,28)13-6-7-17-14(10-13)15(11-19(25)23-17)20(26)29-18-8-5-12(21)9-16(18)22/h5-11H,3-4H2,1-2H3,(H,23,25). The van der Waals surface area contributed by atoms with Crippen molar-refractivity contribution < 1.29 is 17.9 Å². The zero-order valence-corrected chi connectivity index (χ0v) is 19.3. The molecule has 0 aliphatic rings. The number of carbonyl (C=O) groups is 1. The van der Waals surface area contributed by atoms with Crippen LogP contribution in [0.15, 0.2) is 56.6 Å². The molecular weight excluding hydrogens is 496 g/mol. The molecule has 0 amide bonds. The number of rotatable bonds is 6. The van der Waals surface area contributed by atoms with Crippen molar-refractivity contribution in [3.8, 4) is 5.75 Å². The molecule has 0 unspecified atom stereocenters. The molecule has 0 saturated heterocycles. The fourth-order valence-corrected chi connectivity index (χ4v) is 5.18. The molecule has 0 fully saturated rings. The molecule has 1 heterocycles. The van der Waals surface area contributed by atoms with Crippen LogP contribution in [0.25, 0.3) is 10.9 Å². The predicted molar refractivity (Wildman–Crippen MR) is 119 cm³/mol. The van der Waals surface area contributed by atoms with Crippen molar-refractivity contribution in [2.45, 2.75) is 18.7 Å². The van der Waals surface area contributed by atoms with E-state index in [2.05, 4.69) is 20.9 Å². The number of aromatic amines is 1. The fourth-order valence-electron chi connectivity index (χ4n) is 2.99. The summed E-state index contributed by atoms with van der Waals surface area (Å²) in [5, 5.41) is 0.456. The van der Waals surface area contributed by atoms with Crippen molar-refractivity contribution >= 4 is 54.4 Å². The molecule has 0 bridgehead atoms. The number of benzene rings is 2. The summed E-state index contributed by atoms with van der Waals surface area (Å²) in [4.78, 5) is 27.5. The molecule has 158 valence electrons. The van der Waals surface area contributed by atoms with Gasteiger partial charge in [-0.1, -0.05) is 41.4 Å². The summed E-state index contributed by atoms with van der Waals surface area (Å²) < 4.78 is 33.1. The van der Waals surface area contributed by atoms with Crippen molar-refractivity contribution in [3.05, 3.63) is 67.9 Å². The molecule has 0 aliphatic carbocycles. The molecule has 0 aliphatic heterocycles. The molecule has 0 saturated carbocycles. The van der Waals surface area contributed by atoms with Crippen LogP contribution in [-0.2, 0) is 10.0 Å². The summed E-state index contributed by atoms with van der Waals surface area (Å²) in [6, 6.07) is 10.0. The Labute approximate surface area is 186 Å². The van der Waals surface area contributed by atoms with Gasteiger partial charge in [0, 0.05) is 34.5 Å². The molecule has 1 aromatic heterocycles. The maximum Gasteiger partial charge on any atom is 0.344 e. The Balaban J connectivity index is 2.12. The van der Waals surface area contributed by atoms with Gasteiger partial charge < -0.3 is 9.72 Å². The average molecular weight is 514 g/mol. The van der Waals surface area contributed by atoms with Crippen molar-refractivity contribution in [2.75, 3.05) is 13.1 Å². The van der Waals surface area contributed by atoms with E-state index in [1.54, 1.807) is 26.0 Å². The Morgan fingerprint density at radius 3 is 2.47 bits per heavy atom. The zero-order chi connectivity index (χ0) is 22.1. The summed E-state index contributed by atoms with van der Waals surface area (Å²) >= 11 is 9.37. The third-order valence-corrected chi connectivity index (χ3v) is 7.31. The number of nitrogens with one attached hydrogen (secondary N) is 1. The molecule has 3 aromatic rings. The molecule has 10 heteroatoms. The van der Waals surface area contributed by atoms with Gasteiger partial charge in [-0.3, -0.25) is 4.79 Å². The lowest BCUT2D eigenvalue weighted by atomic mass is 10.1. The van der Waals surface area contributed by atoms with Gasteiger partial charge in [0.15, 0.2) is 0 Å². The Kier molecular flexibility index (Phi) is 6.66. The number of hydrogen-bond donors (Lipinski definition) is 1. The highest BCUT2D eigenvalue weighted by atomic mass is 79.9. The number of H-pyrrole nitrogens is 1. The number of sulfonamides is 1. The first-order valence-corrected chi connectivity index (χ1v) is 11.6. The highest BCUT2D eigenvalue weighted by molar-refractivity contribution is 9.10. The maximum atomic E-state index is 12.9. The lowest BCUT2D eigenvalue weighted by Crippen LogP contribution is -2.30. The van der Waals surface area contributed by atoms with E-state index in [9.17, 15) is 18.0 Å². The van der Waals surface area contributed by atoms with Crippen LogP contribution in [-0.4, -0.2) is 36.8 Å². The first kappa shape index (κ1) is 22.5. The van der Waals surface area contributed by atoms with Crippen LogP contribution in [0.3, 0.4) is 0 Å². The van der Waals surface area contributed by atoms with E-state index in [0.29, 0.717) is 23.1 Å². The van der Waals surface area contributed by atoms with Gasteiger partial charge in [0.2, 0.25) is 15.6 Å². The Bertz CT molecular complexity index is 1290. The largest absolute Gasteiger partial charge is 0.421 e. The third-order valence-electron chi connectivity index (χ3n) is 4.47. The van der Waals surface area contributed by atoms with Gasteiger partial charge in [-0.15, -0.1) is 0 Å². The second-order valence-electron chi connectivity index (χ2n) is 6.31. The van der Waals surface area contributed by atoms with Crippen LogP contribution in [0, 0.1) is 0 Å². The quantitative estimate of drug-likeness (QED) is 0.394. The van der Waals surface area contributed by atoms with Crippen molar-refractivity contribution in [3.63, 3.8) is 0 Å². The van der Waals surface area contributed by atoms with E-state index in [-0.39, 0.29) is 26.6 Å². The number of nitrogens with zero attached hydrogens (tertiary/aromatic N) is 1. The molecule has 3 rings (SSSR count). The summed E-state index contributed by atoms with van der Waals surface area (Å²) in [5.74, 6) is -0.710. The lowest BCUT2D eigenvalue weighted by Gasteiger charge is -2.19. The highest BCUT2D eigenvalue weighted by Gasteiger charge is 2.23. The SMILES string of the molecule is CCN(CC)S(=O)(=O)c1ccc2[nH]c(=O)cc(C(=O)Oc3ccc(Br)cc3Cl)c2c1. The molecule has 30 heavy (non-hydrogen) atoms. The third kappa shape index (κ3) is 4.44. The van der Waals surface area contributed by atoms with Crippen LogP contribution < -0.4 is 10.3 Å². The van der Waals surface area contributed by atoms with E-state index in [4.69, 9.17) is 16.3 Å². The Hall–Kier alpha value is -2.20. The molecule has 7 nitrogen and oxygen atoms in total. The van der Waals surface area contributed by atoms with E-state index in [1.807, 2.05) is 0 Å². The summed E-state index contributed by atoms with van der Waals surface area (Å²) in [6.07, 6.45) is 0. The van der Waals surface area contributed by atoms with E-state index in [0.717, 1.165) is 6.07 Å². The highest BCUT2D eigenvalue weighted by Crippen LogP contribution is 2.29.